The minimum absolute atomic E-state index is 1.03. The van der Waals surface area contributed by atoms with Crippen LogP contribution in [0.3, 0.4) is 0 Å². The summed E-state index contributed by atoms with van der Waals surface area (Å²) in [5, 5.41) is 3.55. The Morgan fingerprint density at radius 1 is 0.917 bits per heavy atom. The number of fused-ring (bicyclic) bond motifs is 1. The first-order valence-electron chi connectivity index (χ1n) is 3.99. The lowest BCUT2D eigenvalue weighted by atomic mass is 10.1. The Bertz CT molecular complexity index is 392. The minimum Gasteiger partial charge on any atom is -0.433 e. The molecule has 0 saturated carbocycles. The quantitative estimate of drug-likeness (QED) is 0.626. The summed E-state index contributed by atoms with van der Waals surface area (Å²) in [6, 6.07) is 14.2. The Morgan fingerprint density at radius 2 is 1.67 bits per heavy atom. The lowest BCUT2D eigenvalue weighted by Crippen LogP contribution is -2.13. The second-order valence-corrected chi connectivity index (χ2v) is 3.87. The fourth-order valence-corrected chi connectivity index (χ4v) is 2.16. The molecule has 0 saturated heterocycles. The molecule has 0 aliphatic carbocycles. The summed E-state index contributed by atoms with van der Waals surface area (Å²) in [6.45, 7) is 0. The van der Waals surface area contributed by atoms with Crippen LogP contribution in [0.25, 0.3) is 10.8 Å². The normalized spacial score (nSPS) is 11.4. The van der Waals surface area contributed by atoms with E-state index in [0.717, 1.165) is 5.19 Å². The first kappa shape index (κ1) is 7.52. The molecule has 2 aromatic carbocycles. The van der Waals surface area contributed by atoms with Crippen LogP contribution in [0.2, 0.25) is 0 Å². The molecule has 60 valence electrons. The lowest BCUT2D eigenvalue weighted by molar-refractivity contribution is 0.616. The Hall–Kier alpha value is -1.12. The van der Waals surface area contributed by atoms with Crippen LogP contribution in [0.15, 0.2) is 42.5 Å². The number of hydrogen-bond acceptors (Lipinski definition) is 1. The fraction of sp³-hybridized carbons (Fsp3) is 0. The van der Waals surface area contributed by atoms with E-state index in [4.69, 9.17) is 0 Å². The van der Waals surface area contributed by atoms with Crippen molar-refractivity contribution in [3.8, 4) is 0 Å². The average Bonchev–Trinajstić information content (AvgIpc) is 2.17. The van der Waals surface area contributed by atoms with E-state index >= 15 is 0 Å². The van der Waals surface area contributed by atoms with Gasteiger partial charge in [-0.1, -0.05) is 42.5 Å². The molecule has 2 aromatic rings. The van der Waals surface area contributed by atoms with Crippen molar-refractivity contribution in [3.05, 3.63) is 42.5 Å². The van der Waals surface area contributed by atoms with Crippen molar-refractivity contribution in [1.29, 1.82) is 0 Å². The summed E-state index contributed by atoms with van der Waals surface area (Å²) in [6.07, 6.45) is 0. The second kappa shape index (κ2) is 3.09. The van der Waals surface area contributed by atoms with Gasteiger partial charge >= 0.3 is 0 Å². The van der Waals surface area contributed by atoms with Crippen molar-refractivity contribution >= 4 is 25.7 Å². The van der Waals surface area contributed by atoms with Gasteiger partial charge in [-0.05, 0) is 16.0 Å². The highest BCUT2D eigenvalue weighted by atomic mass is 28.2. The number of hydrogen-bond donors (Lipinski definition) is 1. The SMILES string of the molecule is O[SiH2]c1cccc2ccccc12. The second-order valence-electron chi connectivity index (χ2n) is 2.80. The van der Waals surface area contributed by atoms with Gasteiger partial charge in [0.25, 0.3) is 0 Å². The van der Waals surface area contributed by atoms with Crippen LogP contribution in [0, 0.1) is 0 Å². The molecule has 2 heteroatoms. The summed E-state index contributed by atoms with van der Waals surface area (Å²) in [4.78, 5) is 9.17. The molecule has 0 spiro atoms. The van der Waals surface area contributed by atoms with Crippen LogP contribution in [-0.2, 0) is 0 Å². The molecule has 0 aromatic heterocycles. The smallest absolute Gasteiger partial charge is 0.188 e. The summed E-state index contributed by atoms with van der Waals surface area (Å²) in [7, 11) is -1.03. The van der Waals surface area contributed by atoms with Crippen LogP contribution in [0.1, 0.15) is 0 Å². The highest BCUT2D eigenvalue weighted by Crippen LogP contribution is 2.09. The zero-order valence-electron chi connectivity index (χ0n) is 6.70. The molecule has 1 nitrogen and oxygen atoms in total. The highest BCUT2D eigenvalue weighted by Gasteiger charge is 1.97. The monoisotopic (exact) mass is 174 g/mol. The van der Waals surface area contributed by atoms with Crippen LogP contribution in [0.5, 0.6) is 0 Å². The molecule has 0 aliphatic rings. The van der Waals surface area contributed by atoms with E-state index in [2.05, 4.69) is 18.2 Å². The largest absolute Gasteiger partial charge is 0.433 e. The maximum atomic E-state index is 9.17. The summed E-state index contributed by atoms with van der Waals surface area (Å²) in [5.41, 5.74) is 0. The molecule has 0 amide bonds. The molecule has 0 aliphatic heterocycles. The Morgan fingerprint density at radius 3 is 2.50 bits per heavy atom. The van der Waals surface area contributed by atoms with Crippen molar-refractivity contribution in [2.75, 3.05) is 0 Å². The number of rotatable bonds is 1. The molecule has 2 rings (SSSR count). The van der Waals surface area contributed by atoms with Gasteiger partial charge in [0.15, 0.2) is 9.76 Å². The molecule has 12 heavy (non-hydrogen) atoms. The van der Waals surface area contributed by atoms with E-state index in [1.807, 2.05) is 24.3 Å². The Kier molecular flexibility index (Phi) is 1.94. The molecule has 0 bridgehead atoms. The van der Waals surface area contributed by atoms with Crippen LogP contribution in [-0.4, -0.2) is 14.6 Å². The topological polar surface area (TPSA) is 20.2 Å². The predicted octanol–water partition coefficient (Wildman–Crippen LogP) is 0.541. The Labute approximate surface area is 73.6 Å². The predicted molar refractivity (Wildman–Crippen MR) is 54.3 cm³/mol. The van der Waals surface area contributed by atoms with Gasteiger partial charge in [0.05, 0.1) is 0 Å². The van der Waals surface area contributed by atoms with Crippen molar-refractivity contribution in [1.82, 2.24) is 0 Å². The first-order chi connectivity index (χ1) is 5.92. The Balaban J connectivity index is 2.79. The maximum absolute atomic E-state index is 9.17. The highest BCUT2D eigenvalue weighted by molar-refractivity contribution is 6.50. The van der Waals surface area contributed by atoms with Crippen LogP contribution in [0.4, 0.5) is 0 Å². The number of benzene rings is 2. The van der Waals surface area contributed by atoms with Gasteiger partial charge in [-0.3, -0.25) is 0 Å². The summed E-state index contributed by atoms with van der Waals surface area (Å²) >= 11 is 0. The summed E-state index contributed by atoms with van der Waals surface area (Å²) in [5.74, 6) is 0. The molecule has 0 heterocycles. The molecular weight excluding hydrogens is 164 g/mol. The molecule has 0 unspecified atom stereocenters. The molecule has 0 atom stereocenters. The first-order valence-corrected chi connectivity index (χ1v) is 5.33. The van der Waals surface area contributed by atoms with Gasteiger partial charge in [-0.2, -0.15) is 0 Å². The van der Waals surface area contributed by atoms with E-state index in [0.29, 0.717) is 0 Å². The van der Waals surface area contributed by atoms with Crippen molar-refractivity contribution in [3.63, 3.8) is 0 Å². The van der Waals surface area contributed by atoms with Gasteiger partial charge in [-0.25, -0.2) is 0 Å². The third-order valence-electron chi connectivity index (χ3n) is 2.05. The van der Waals surface area contributed by atoms with Gasteiger partial charge in [-0.15, -0.1) is 0 Å². The maximum Gasteiger partial charge on any atom is 0.188 e. The minimum atomic E-state index is -1.03. The van der Waals surface area contributed by atoms with E-state index in [1.54, 1.807) is 0 Å². The molecule has 0 radical (unpaired) electrons. The van der Waals surface area contributed by atoms with E-state index in [-0.39, 0.29) is 0 Å². The van der Waals surface area contributed by atoms with E-state index in [9.17, 15) is 4.80 Å². The zero-order chi connectivity index (χ0) is 8.39. The van der Waals surface area contributed by atoms with Gasteiger partial charge in [0.2, 0.25) is 0 Å². The third kappa shape index (κ3) is 1.15. The molecular formula is C10H10OSi. The van der Waals surface area contributed by atoms with Crippen LogP contribution >= 0.6 is 0 Å². The lowest BCUT2D eigenvalue weighted by Gasteiger charge is -2.01. The van der Waals surface area contributed by atoms with E-state index < -0.39 is 9.76 Å². The zero-order valence-corrected chi connectivity index (χ0v) is 8.11. The summed E-state index contributed by atoms with van der Waals surface area (Å²) < 4.78 is 0. The standard InChI is InChI=1S/C10H10OSi/c11-12-10-7-3-5-8-4-1-2-6-9(8)10/h1-7,11H,12H2. The van der Waals surface area contributed by atoms with Gasteiger partial charge in [0, 0.05) is 0 Å². The van der Waals surface area contributed by atoms with Crippen molar-refractivity contribution in [2.45, 2.75) is 0 Å². The molecule has 1 N–H and O–H groups in total. The van der Waals surface area contributed by atoms with Crippen LogP contribution < -0.4 is 5.19 Å². The fourth-order valence-electron chi connectivity index (χ4n) is 1.43. The average molecular weight is 174 g/mol. The van der Waals surface area contributed by atoms with E-state index in [1.165, 1.54) is 10.8 Å². The third-order valence-corrected chi connectivity index (χ3v) is 3.01. The molecule has 0 fully saturated rings. The van der Waals surface area contributed by atoms with Crippen molar-refractivity contribution in [2.24, 2.45) is 0 Å². The van der Waals surface area contributed by atoms with Crippen molar-refractivity contribution < 1.29 is 4.80 Å². The van der Waals surface area contributed by atoms with Gasteiger partial charge < -0.3 is 4.80 Å². The van der Waals surface area contributed by atoms with Gasteiger partial charge in [0.1, 0.15) is 0 Å².